The van der Waals surface area contributed by atoms with Crippen LogP contribution in [0.1, 0.15) is 13.0 Å². The zero-order valence-corrected chi connectivity index (χ0v) is 14.5. The van der Waals surface area contributed by atoms with E-state index in [0.717, 1.165) is 15.2 Å². The predicted molar refractivity (Wildman–Crippen MR) is 89.9 cm³/mol. The van der Waals surface area contributed by atoms with E-state index in [0.29, 0.717) is 6.07 Å². The molecule has 0 spiro atoms. The molecule has 0 bridgehead atoms. The number of hydrogen-bond acceptors (Lipinski definition) is 4. The van der Waals surface area contributed by atoms with Gasteiger partial charge < -0.3 is 9.88 Å². The van der Waals surface area contributed by atoms with Gasteiger partial charge in [-0.25, -0.2) is 22.9 Å². The molecule has 142 valence electrons. The number of fused-ring (bicyclic) bond motifs is 1. The van der Waals surface area contributed by atoms with Crippen LogP contribution in [0.5, 0.6) is 0 Å². The summed E-state index contributed by atoms with van der Waals surface area (Å²) in [5.41, 5.74) is -1.73. The van der Waals surface area contributed by atoms with Gasteiger partial charge in [-0.05, 0) is 19.1 Å². The fourth-order valence-corrected chi connectivity index (χ4v) is 2.64. The molecule has 27 heavy (non-hydrogen) atoms. The number of halogens is 3. The number of rotatable bonds is 3. The maximum atomic E-state index is 13.8. The Balaban J connectivity index is 2.03. The molecule has 1 N–H and O–H groups in total. The average molecular weight is 381 g/mol. The quantitative estimate of drug-likeness (QED) is 0.687. The second-order valence-electron chi connectivity index (χ2n) is 5.92. The van der Waals surface area contributed by atoms with Gasteiger partial charge in [0.15, 0.2) is 28.6 Å². The van der Waals surface area contributed by atoms with E-state index < -0.39 is 46.3 Å². The Morgan fingerprint density at radius 2 is 1.78 bits per heavy atom. The van der Waals surface area contributed by atoms with Crippen molar-refractivity contribution >= 4 is 22.8 Å². The van der Waals surface area contributed by atoms with E-state index in [9.17, 15) is 27.6 Å². The highest BCUT2D eigenvalue weighted by Crippen LogP contribution is 2.21. The van der Waals surface area contributed by atoms with Crippen LogP contribution in [0.25, 0.3) is 11.2 Å². The molecule has 11 heteroatoms. The van der Waals surface area contributed by atoms with Gasteiger partial charge in [0.25, 0.3) is 5.56 Å². The summed E-state index contributed by atoms with van der Waals surface area (Å²) in [6, 6.07) is 0.497. The normalized spacial score (nSPS) is 12.4. The molecule has 0 aliphatic rings. The zero-order valence-electron chi connectivity index (χ0n) is 14.5. The van der Waals surface area contributed by atoms with Crippen LogP contribution >= 0.6 is 0 Å². The number of benzene rings is 1. The molecule has 1 aromatic carbocycles. The van der Waals surface area contributed by atoms with Crippen molar-refractivity contribution in [2.24, 2.45) is 14.1 Å². The third-order valence-electron chi connectivity index (χ3n) is 4.26. The minimum Gasteiger partial charge on any atom is -0.322 e. The molecule has 0 unspecified atom stereocenters. The van der Waals surface area contributed by atoms with Crippen molar-refractivity contribution in [2.75, 3.05) is 5.32 Å². The molecule has 8 nitrogen and oxygen atoms in total. The van der Waals surface area contributed by atoms with Crippen LogP contribution in [0.2, 0.25) is 0 Å². The average Bonchev–Trinajstić information content (AvgIpc) is 3.09. The molecule has 1 atom stereocenters. The van der Waals surface area contributed by atoms with Crippen LogP contribution < -0.4 is 16.6 Å². The van der Waals surface area contributed by atoms with Gasteiger partial charge in [-0.2, -0.15) is 0 Å². The zero-order chi connectivity index (χ0) is 20.0. The minimum absolute atomic E-state index is 0.00647. The summed E-state index contributed by atoms with van der Waals surface area (Å²) in [4.78, 5) is 40.8. The summed E-state index contributed by atoms with van der Waals surface area (Å²) in [6.07, 6.45) is 1.19. The fraction of sp³-hybridized carbons (Fsp3) is 0.250. The van der Waals surface area contributed by atoms with Crippen LogP contribution in [-0.2, 0) is 18.9 Å². The van der Waals surface area contributed by atoms with Crippen molar-refractivity contribution in [1.82, 2.24) is 18.7 Å². The molecule has 3 aromatic rings. The number of carbonyl (C=O) groups excluding carboxylic acids is 1. The lowest BCUT2D eigenvalue weighted by Crippen LogP contribution is -2.38. The SMILES string of the molecule is C[C@H](C(=O)Nc1ccc(F)c(F)c1F)n1cnc2c1c(=O)n(C)c(=O)n2C. The van der Waals surface area contributed by atoms with Crippen molar-refractivity contribution in [3.05, 3.63) is 56.7 Å². The molecule has 0 aliphatic heterocycles. The van der Waals surface area contributed by atoms with Gasteiger partial charge in [-0.15, -0.1) is 0 Å². The number of amides is 1. The van der Waals surface area contributed by atoms with E-state index in [1.807, 2.05) is 0 Å². The highest BCUT2D eigenvalue weighted by atomic mass is 19.2. The van der Waals surface area contributed by atoms with Crippen molar-refractivity contribution in [2.45, 2.75) is 13.0 Å². The Labute approximate surface area is 149 Å². The summed E-state index contributed by atoms with van der Waals surface area (Å²) >= 11 is 0. The molecule has 0 aliphatic carbocycles. The summed E-state index contributed by atoms with van der Waals surface area (Å²) in [7, 11) is 2.70. The molecule has 3 rings (SSSR count). The molecule has 2 aromatic heterocycles. The number of aromatic nitrogens is 4. The monoisotopic (exact) mass is 381 g/mol. The number of nitrogens with one attached hydrogen (secondary N) is 1. The first-order valence-electron chi connectivity index (χ1n) is 7.72. The van der Waals surface area contributed by atoms with E-state index in [-0.39, 0.29) is 11.2 Å². The van der Waals surface area contributed by atoms with E-state index in [1.165, 1.54) is 31.9 Å². The molecule has 1 amide bonds. The summed E-state index contributed by atoms with van der Waals surface area (Å²) < 4.78 is 43.3. The minimum atomic E-state index is -1.71. The maximum Gasteiger partial charge on any atom is 0.332 e. The van der Waals surface area contributed by atoms with Gasteiger partial charge >= 0.3 is 5.69 Å². The van der Waals surface area contributed by atoms with E-state index in [2.05, 4.69) is 10.3 Å². The Morgan fingerprint density at radius 1 is 1.11 bits per heavy atom. The standard InChI is InChI=1S/C16H14F3N5O3/c1-7(14(25)21-9-5-4-8(17)10(18)11(9)19)24-6-20-13-12(24)15(26)23(3)16(27)22(13)2/h4-7H,1-3H3,(H,21,25)/t7-/m1/s1. The predicted octanol–water partition coefficient (Wildman–Crippen LogP) is 1.05. The van der Waals surface area contributed by atoms with Crippen molar-refractivity contribution in [3.8, 4) is 0 Å². The second kappa shape index (κ2) is 6.41. The van der Waals surface area contributed by atoms with Crippen LogP contribution in [0.4, 0.5) is 18.9 Å². The first-order chi connectivity index (χ1) is 12.6. The number of carbonyl (C=O) groups is 1. The van der Waals surface area contributed by atoms with Crippen LogP contribution in [0.3, 0.4) is 0 Å². The largest absolute Gasteiger partial charge is 0.332 e. The molecule has 0 saturated carbocycles. The van der Waals surface area contributed by atoms with Crippen molar-refractivity contribution in [1.29, 1.82) is 0 Å². The van der Waals surface area contributed by atoms with Crippen LogP contribution in [0, 0.1) is 17.5 Å². The number of nitrogens with zero attached hydrogens (tertiary/aromatic N) is 4. The topological polar surface area (TPSA) is 90.9 Å². The maximum absolute atomic E-state index is 13.8. The van der Waals surface area contributed by atoms with Gasteiger partial charge in [0.2, 0.25) is 5.91 Å². The molecule has 2 heterocycles. The lowest BCUT2D eigenvalue weighted by atomic mass is 10.2. The third-order valence-corrected chi connectivity index (χ3v) is 4.26. The fourth-order valence-electron chi connectivity index (χ4n) is 2.64. The van der Waals surface area contributed by atoms with Gasteiger partial charge in [0.05, 0.1) is 12.0 Å². The first-order valence-corrected chi connectivity index (χ1v) is 7.72. The van der Waals surface area contributed by atoms with Gasteiger partial charge in [-0.1, -0.05) is 0 Å². The first kappa shape index (κ1) is 18.4. The van der Waals surface area contributed by atoms with E-state index in [1.54, 1.807) is 0 Å². The Hall–Kier alpha value is -3.37. The van der Waals surface area contributed by atoms with E-state index >= 15 is 0 Å². The van der Waals surface area contributed by atoms with Crippen LogP contribution in [0.15, 0.2) is 28.0 Å². The smallest absolute Gasteiger partial charge is 0.322 e. The van der Waals surface area contributed by atoms with Gasteiger partial charge in [-0.3, -0.25) is 18.7 Å². The number of aryl methyl sites for hydroxylation is 1. The number of hydrogen-bond donors (Lipinski definition) is 1. The van der Waals surface area contributed by atoms with Crippen molar-refractivity contribution in [3.63, 3.8) is 0 Å². The van der Waals surface area contributed by atoms with Crippen molar-refractivity contribution < 1.29 is 18.0 Å². The summed E-state index contributed by atoms with van der Waals surface area (Å²) in [6.45, 7) is 1.40. The Bertz CT molecular complexity index is 1190. The Kier molecular flexibility index (Phi) is 4.38. The molecule has 0 radical (unpaired) electrons. The third kappa shape index (κ3) is 2.80. The second-order valence-corrected chi connectivity index (χ2v) is 5.92. The molecule has 0 fully saturated rings. The highest BCUT2D eigenvalue weighted by Gasteiger charge is 2.23. The summed E-state index contributed by atoms with van der Waals surface area (Å²) in [5, 5.41) is 2.14. The van der Waals surface area contributed by atoms with Gasteiger partial charge in [0.1, 0.15) is 6.04 Å². The van der Waals surface area contributed by atoms with E-state index in [4.69, 9.17) is 0 Å². The lowest BCUT2D eigenvalue weighted by Gasteiger charge is -2.15. The lowest BCUT2D eigenvalue weighted by molar-refractivity contribution is -0.118. The number of anilines is 1. The molecule has 0 saturated heterocycles. The number of imidazole rings is 1. The molecular weight excluding hydrogens is 367 g/mol. The van der Waals surface area contributed by atoms with Crippen LogP contribution in [-0.4, -0.2) is 24.6 Å². The Morgan fingerprint density at radius 3 is 2.44 bits per heavy atom. The summed E-state index contributed by atoms with van der Waals surface area (Å²) in [5.74, 6) is -5.43. The highest BCUT2D eigenvalue weighted by molar-refractivity contribution is 5.94. The van der Waals surface area contributed by atoms with Gasteiger partial charge in [0, 0.05) is 14.1 Å². The molecular formula is C16H14F3N5O3.